The average Bonchev–Trinajstić information content (AvgIpc) is 2.26. The minimum Gasteiger partial charge on any atom is -0.368 e. The Kier molecular flexibility index (Phi) is 3.88. The Hall–Kier alpha value is -0.730. The molecule has 1 saturated heterocycles. The van der Waals surface area contributed by atoms with E-state index >= 15 is 0 Å². The highest BCUT2D eigenvalue weighted by molar-refractivity contribution is 8.01. The van der Waals surface area contributed by atoms with E-state index in [0.29, 0.717) is 18.1 Å². The minimum absolute atomic E-state index is 0.0444. The smallest absolute Gasteiger partial charge is 0.223 e. The molecule has 6 nitrogen and oxygen atoms in total. The maximum atomic E-state index is 11.8. The maximum Gasteiger partial charge on any atom is 0.223 e. The van der Waals surface area contributed by atoms with Crippen LogP contribution in [-0.4, -0.2) is 48.1 Å². The van der Waals surface area contributed by atoms with Gasteiger partial charge in [-0.05, 0) is 0 Å². The van der Waals surface area contributed by atoms with Crippen molar-refractivity contribution in [2.24, 2.45) is 0 Å². The molecule has 1 aliphatic heterocycles. The lowest BCUT2D eigenvalue weighted by atomic mass is 10.4. The summed E-state index contributed by atoms with van der Waals surface area (Å²) < 4.78 is 23.6. The van der Waals surface area contributed by atoms with Crippen LogP contribution in [0, 0.1) is 0 Å². The van der Waals surface area contributed by atoms with E-state index in [2.05, 4.69) is 9.97 Å². The number of nitrogens with zero attached hydrogens (tertiary/aromatic N) is 3. The first kappa shape index (κ1) is 13.7. The lowest BCUT2D eigenvalue weighted by molar-refractivity contribution is 0.583. The van der Waals surface area contributed by atoms with Gasteiger partial charge in [0, 0.05) is 30.4 Å². The van der Waals surface area contributed by atoms with Crippen molar-refractivity contribution in [3.63, 3.8) is 0 Å². The van der Waals surface area contributed by atoms with Gasteiger partial charge in [-0.25, -0.2) is 13.4 Å². The number of hydrogen-bond donors (Lipinski definition) is 1. The molecule has 1 fully saturated rings. The fourth-order valence-corrected chi connectivity index (χ4v) is 4.78. The number of nitrogen functional groups attached to an aromatic ring is 1. The summed E-state index contributed by atoms with van der Waals surface area (Å²) in [5.74, 6) is 1.86. The van der Waals surface area contributed by atoms with Gasteiger partial charge in [0.05, 0.1) is 0 Å². The van der Waals surface area contributed by atoms with E-state index in [1.807, 2.05) is 0 Å². The topological polar surface area (TPSA) is 89.2 Å². The van der Waals surface area contributed by atoms with Crippen LogP contribution < -0.4 is 10.6 Å². The Morgan fingerprint density at radius 2 is 2.28 bits per heavy atom. The van der Waals surface area contributed by atoms with E-state index in [1.165, 1.54) is 12.3 Å². The van der Waals surface area contributed by atoms with E-state index < -0.39 is 15.2 Å². The van der Waals surface area contributed by atoms with E-state index in [0.717, 1.165) is 5.75 Å². The van der Waals surface area contributed by atoms with Gasteiger partial charge in [-0.15, -0.1) is 0 Å². The molecule has 18 heavy (non-hydrogen) atoms. The average molecular weight is 309 g/mol. The molecular formula is C9H13ClN4O2S2. The van der Waals surface area contributed by atoms with Gasteiger partial charge in [-0.1, -0.05) is 11.6 Å². The summed E-state index contributed by atoms with van der Waals surface area (Å²) in [6.07, 6.45) is 1.22. The third-order valence-electron chi connectivity index (χ3n) is 2.57. The fourth-order valence-electron chi connectivity index (χ4n) is 1.77. The Morgan fingerprint density at radius 3 is 2.89 bits per heavy atom. The van der Waals surface area contributed by atoms with Crippen molar-refractivity contribution in [1.82, 2.24) is 9.97 Å². The summed E-state index contributed by atoms with van der Waals surface area (Å²) >= 11 is 7.43. The van der Waals surface area contributed by atoms with Crippen molar-refractivity contribution in [2.45, 2.75) is 5.37 Å². The van der Waals surface area contributed by atoms with E-state index in [1.54, 1.807) is 16.7 Å². The molecule has 1 aliphatic rings. The van der Waals surface area contributed by atoms with Crippen LogP contribution in [0.3, 0.4) is 0 Å². The van der Waals surface area contributed by atoms with Gasteiger partial charge in [0.1, 0.15) is 16.3 Å². The zero-order valence-corrected chi connectivity index (χ0v) is 12.1. The van der Waals surface area contributed by atoms with Crippen LogP contribution in [0.1, 0.15) is 0 Å². The number of thioether (sulfide) groups is 1. The Labute approximate surface area is 115 Å². The maximum absolute atomic E-state index is 11.8. The van der Waals surface area contributed by atoms with Crippen LogP contribution >= 0.6 is 23.4 Å². The number of nitrogens with two attached hydrogens (primary N) is 1. The molecule has 2 N–H and O–H groups in total. The Balaban J connectivity index is 2.40. The predicted molar refractivity (Wildman–Crippen MR) is 74.8 cm³/mol. The molecule has 2 rings (SSSR count). The van der Waals surface area contributed by atoms with Gasteiger partial charge in [-0.3, -0.25) is 0 Å². The zero-order chi connectivity index (χ0) is 13.3. The molecule has 1 unspecified atom stereocenters. The Morgan fingerprint density at radius 1 is 1.56 bits per heavy atom. The molecule has 0 amide bonds. The van der Waals surface area contributed by atoms with Crippen molar-refractivity contribution in [3.05, 3.63) is 11.2 Å². The highest BCUT2D eigenvalue weighted by atomic mass is 35.5. The molecule has 100 valence electrons. The van der Waals surface area contributed by atoms with Crippen LogP contribution in [-0.2, 0) is 9.84 Å². The van der Waals surface area contributed by atoms with Crippen molar-refractivity contribution in [2.75, 3.05) is 34.9 Å². The van der Waals surface area contributed by atoms with Crippen molar-refractivity contribution < 1.29 is 8.42 Å². The third-order valence-corrected chi connectivity index (χ3v) is 5.41. The fraction of sp³-hybridized carbons (Fsp3) is 0.556. The van der Waals surface area contributed by atoms with Gasteiger partial charge in [0.15, 0.2) is 9.84 Å². The standard InChI is InChI=1S/C9H13ClN4O2S2/c1-18(15,16)8-5-17-3-2-14(8)7-4-6(10)12-9(11)13-7/h4,8H,2-3,5H2,1H3,(H2,11,12,13). The Bertz CT molecular complexity index is 531. The van der Waals surface area contributed by atoms with Crippen molar-refractivity contribution >= 4 is 45.0 Å². The van der Waals surface area contributed by atoms with Crippen LogP contribution in [0.15, 0.2) is 6.07 Å². The molecule has 2 heterocycles. The second-order valence-electron chi connectivity index (χ2n) is 3.96. The molecule has 0 spiro atoms. The lowest BCUT2D eigenvalue weighted by Gasteiger charge is -2.34. The summed E-state index contributed by atoms with van der Waals surface area (Å²) in [6, 6.07) is 1.53. The highest BCUT2D eigenvalue weighted by Crippen LogP contribution is 2.26. The quantitative estimate of drug-likeness (QED) is 0.802. The number of rotatable bonds is 2. The molecule has 0 radical (unpaired) electrons. The third kappa shape index (κ3) is 2.99. The van der Waals surface area contributed by atoms with E-state index in [-0.39, 0.29) is 11.1 Å². The van der Waals surface area contributed by atoms with Crippen molar-refractivity contribution in [3.8, 4) is 0 Å². The van der Waals surface area contributed by atoms with Crippen molar-refractivity contribution in [1.29, 1.82) is 0 Å². The van der Waals surface area contributed by atoms with Crippen LogP contribution in [0.5, 0.6) is 0 Å². The number of sulfone groups is 1. The minimum atomic E-state index is -3.19. The van der Waals surface area contributed by atoms with Gasteiger partial charge < -0.3 is 10.6 Å². The first-order valence-corrected chi connectivity index (χ1v) is 8.70. The molecule has 0 saturated carbocycles. The number of hydrogen-bond acceptors (Lipinski definition) is 7. The number of anilines is 2. The molecule has 0 bridgehead atoms. The van der Waals surface area contributed by atoms with Gasteiger partial charge in [-0.2, -0.15) is 16.7 Å². The molecule has 1 aromatic heterocycles. The molecule has 0 aromatic carbocycles. The number of aromatic nitrogens is 2. The van der Waals surface area contributed by atoms with Crippen LogP contribution in [0.2, 0.25) is 5.15 Å². The largest absolute Gasteiger partial charge is 0.368 e. The first-order chi connectivity index (χ1) is 8.38. The molecule has 9 heteroatoms. The van der Waals surface area contributed by atoms with Gasteiger partial charge in [0.25, 0.3) is 0 Å². The SMILES string of the molecule is CS(=O)(=O)C1CSCCN1c1cc(Cl)nc(N)n1. The summed E-state index contributed by atoms with van der Waals surface area (Å²) in [4.78, 5) is 9.54. The zero-order valence-electron chi connectivity index (χ0n) is 9.71. The first-order valence-electron chi connectivity index (χ1n) is 5.21. The second-order valence-corrected chi connectivity index (χ2v) is 7.70. The summed E-state index contributed by atoms with van der Waals surface area (Å²) in [6.45, 7) is 0.592. The molecule has 0 aliphatic carbocycles. The normalized spacial score (nSPS) is 21.0. The predicted octanol–water partition coefficient (Wildman–Crippen LogP) is 0.636. The second kappa shape index (κ2) is 5.10. The summed E-state index contributed by atoms with van der Waals surface area (Å²) in [5.41, 5.74) is 5.53. The van der Waals surface area contributed by atoms with Crippen LogP contribution in [0.25, 0.3) is 0 Å². The molecule has 1 aromatic rings. The summed E-state index contributed by atoms with van der Waals surface area (Å²) in [7, 11) is -3.19. The van der Waals surface area contributed by atoms with E-state index in [9.17, 15) is 8.42 Å². The van der Waals surface area contributed by atoms with Gasteiger partial charge >= 0.3 is 0 Å². The van der Waals surface area contributed by atoms with Crippen LogP contribution in [0.4, 0.5) is 11.8 Å². The highest BCUT2D eigenvalue weighted by Gasteiger charge is 2.32. The monoisotopic (exact) mass is 308 g/mol. The summed E-state index contributed by atoms with van der Waals surface area (Å²) in [5, 5.41) is -0.385. The molecule has 1 atom stereocenters. The van der Waals surface area contributed by atoms with E-state index in [4.69, 9.17) is 17.3 Å². The van der Waals surface area contributed by atoms with Gasteiger partial charge in [0.2, 0.25) is 5.95 Å². The lowest BCUT2D eigenvalue weighted by Crippen LogP contribution is -2.47. The molecular weight excluding hydrogens is 296 g/mol. The number of halogens is 1.